The highest BCUT2D eigenvalue weighted by molar-refractivity contribution is 5.28. The maximum Gasteiger partial charge on any atom is 0.119 e. The Morgan fingerprint density at radius 3 is 2.71 bits per heavy atom. The predicted octanol–water partition coefficient (Wildman–Crippen LogP) is 1.86. The molecule has 17 heavy (non-hydrogen) atoms. The number of hydrogen-bond acceptors (Lipinski definition) is 3. The summed E-state index contributed by atoms with van der Waals surface area (Å²) in [7, 11) is 1.70. The first kappa shape index (κ1) is 12.4. The normalized spacial score (nSPS) is 19.1. The number of nitrogens with zero attached hydrogens (tertiary/aromatic N) is 1. The molecule has 1 heterocycles. The second-order valence-corrected chi connectivity index (χ2v) is 5.38. The molecule has 1 saturated heterocycles. The van der Waals surface area contributed by atoms with Crippen LogP contribution in [0.5, 0.6) is 5.75 Å². The van der Waals surface area contributed by atoms with Crippen molar-refractivity contribution in [3.05, 3.63) is 29.8 Å². The number of rotatable bonds is 4. The van der Waals surface area contributed by atoms with Gasteiger partial charge in [0.15, 0.2) is 0 Å². The molecule has 0 bridgehead atoms. The Labute approximate surface area is 104 Å². The number of nitrogens with two attached hydrogens (primary N) is 1. The van der Waals surface area contributed by atoms with Crippen LogP contribution in [0.15, 0.2) is 24.3 Å². The fourth-order valence-corrected chi connectivity index (χ4v) is 2.29. The maximum atomic E-state index is 6.28. The number of methoxy groups -OCH3 is 1. The third-order valence-corrected chi connectivity index (χ3v) is 3.73. The van der Waals surface area contributed by atoms with Gasteiger partial charge in [0.05, 0.1) is 7.11 Å². The Hall–Kier alpha value is -1.06. The van der Waals surface area contributed by atoms with Crippen molar-refractivity contribution in [2.45, 2.75) is 25.9 Å². The maximum absolute atomic E-state index is 6.28. The molecule has 0 aromatic heterocycles. The number of likely N-dealkylation sites (tertiary alicyclic amines) is 1. The van der Waals surface area contributed by atoms with Crippen molar-refractivity contribution in [3.8, 4) is 5.75 Å². The van der Waals surface area contributed by atoms with E-state index in [-0.39, 0.29) is 5.54 Å². The fraction of sp³-hybridized carbons (Fsp3) is 0.571. The van der Waals surface area contributed by atoms with E-state index in [4.69, 9.17) is 10.5 Å². The summed E-state index contributed by atoms with van der Waals surface area (Å²) in [4.78, 5) is 2.38. The fourth-order valence-electron chi connectivity index (χ4n) is 2.29. The van der Waals surface area contributed by atoms with Gasteiger partial charge in [-0.05, 0) is 23.6 Å². The SMILES string of the molecule is COc1cccc(CN2CC(N)(C(C)C)C2)c1. The van der Waals surface area contributed by atoms with Gasteiger partial charge >= 0.3 is 0 Å². The molecule has 0 unspecified atom stereocenters. The van der Waals surface area contributed by atoms with Crippen molar-refractivity contribution in [2.75, 3.05) is 20.2 Å². The standard InChI is InChI=1S/C14H22N2O/c1-11(2)14(15)9-16(10-14)8-12-5-4-6-13(7-12)17-3/h4-7,11H,8-10,15H2,1-3H3. The van der Waals surface area contributed by atoms with Crippen molar-refractivity contribution in [1.29, 1.82) is 0 Å². The molecule has 0 radical (unpaired) electrons. The summed E-state index contributed by atoms with van der Waals surface area (Å²) in [5, 5.41) is 0. The van der Waals surface area contributed by atoms with Crippen molar-refractivity contribution < 1.29 is 4.74 Å². The summed E-state index contributed by atoms with van der Waals surface area (Å²) in [6, 6.07) is 8.23. The van der Waals surface area contributed by atoms with E-state index in [1.807, 2.05) is 12.1 Å². The number of hydrogen-bond donors (Lipinski definition) is 1. The van der Waals surface area contributed by atoms with Crippen LogP contribution in [0.1, 0.15) is 19.4 Å². The lowest BCUT2D eigenvalue weighted by atomic mass is 9.80. The molecular weight excluding hydrogens is 212 g/mol. The summed E-state index contributed by atoms with van der Waals surface area (Å²) in [6.07, 6.45) is 0. The zero-order valence-electron chi connectivity index (χ0n) is 10.9. The van der Waals surface area contributed by atoms with Gasteiger partial charge in [0, 0.05) is 25.2 Å². The van der Waals surface area contributed by atoms with Gasteiger partial charge in [-0.1, -0.05) is 26.0 Å². The molecule has 0 saturated carbocycles. The summed E-state index contributed by atoms with van der Waals surface area (Å²) >= 11 is 0. The smallest absolute Gasteiger partial charge is 0.119 e. The molecule has 1 fully saturated rings. The van der Waals surface area contributed by atoms with E-state index in [2.05, 4.69) is 30.9 Å². The Morgan fingerprint density at radius 1 is 1.41 bits per heavy atom. The van der Waals surface area contributed by atoms with Crippen LogP contribution in [-0.4, -0.2) is 30.6 Å². The predicted molar refractivity (Wildman–Crippen MR) is 70.0 cm³/mol. The van der Waals surface area contributed by atoms with Crippen molar-refractivity contribution in [1.82, 2.24) is 4.90 Å². The molecular formula is C14H22N2O. The van der Waals surface area contributed by atoms with E-state index >= 15 is 0 Å². The van der Waals surface area contributed by atoms with Crippen LogP contribution in [0.25, 0.3) is 0 Å². The molecule has 1 aromatic rings. The second kappa shape index (κ2) is 4.67. The summed E-state index contributed by atoms with van der Waals surface area (Å²) in [6.45, 7) is 7.33. The molecule has 0 spiro atoms. The highest BCUT2D eigenvalue weighted by Crippen LogP contribution is 2.27. The van der Waals surface area contributed by atoms with E-state index in [9.17, 15) is 0 Å². The van der Waals surface area contributed by atoms with Crippen LogP contribution in [0.3, 0.4) is 0 Å². The molecule has 0 amide bonds. The second-order valence-electron chi connectivity index (χ2n) is 5.38. The van der Waals surface area contributed by atoms with Crippen LogP contribution in [0.2, 0.25) is 0 Å². The van der Waals surface area contributed by atoms with Crippen molar-refractivity contribution in [3.63, 3.8) is 0 Å². The van der Waals surface area contributed by atoms with Gasteiger partial charge < -0.3 is 10.5 Å². The zero-order chi connectivity index (χ0) is 12.5. The van der Waals surface area contributed by atoms with Crippen LogP contribution in [0, 0.1) is 5.92 Å². The molecule has 1 aromatic carbocycles. The molecule has 94 valence electrons. The monoisotopic (exact) mass is 234 g/mol. The van der Waals surface area contributed by atoms with Gasteiger partial charge in [0.2, 0.25) is 0 Å². The van der Waals surface area contributed by atoms with Gasteiger partial charge in [0.25, 0.3) is 0 Å². The van der Waals surface area contributed by atoms with Crippen LogP contribution >= 0.6 is 0 Å². The lowest BCUT2D eigenvalue weighted by molar-refractivity contribution is 0.0313. The van der Waals surface area contributed by atoms with Gasteiger partial charge in [-0.2, -0.15) is 0 Å². The molecule has 1 aliphatic rings. The first-order chi connectivity index (χ1) is 8.03. The minimum atomic E-state index is 0.0128. The van der Waals surface area contributed by atoms with Gasteiger partial charge in [-0.3, -0.25) is 4.90 Å². The minimum absolute atomic E-state index is 0.0128. The molecule has 3 heteroatoms. The lowest BCUT2D eigenvalue weighted by Crippen LogP contribution is -2.69. The molecule has 0 aliphatic carbocycles. The molecule has 0 atom stereocenters. The van der Waals surface area contributed by atoms with Gasteiger partial charge in [-0.25, -0.2) is 0 Å². The van der Waals surface area contributed by atoms with Crippen LogP contribution in [-0.2, 0) is 6.54 Å². The summed E-state index contributed by atoms with van der Waals surface area (Å²) < 4.78 is 5.22. The number of ether oxygens (including phenoxy) is 1. The average molecular weight is 234 g/mol. The number of benzene rings is 1. The average Bonchev–Trinajstić information content (AvgIpc) is 2.27. The Morgan fingerprint density at radius 2 is 2.12 bits per heavy atom. The van der Waals surface area contributed by atoms with Crippen molar-refractivity contribution >= 4 is 0 Å². The van der Waals surface area contributed by atoms with E-state index in [0.29, 0.717) is 5.92 Å². The van der Waals surface area contributed by atoms with E-state index < -0.39 is 0 Å². The summed E-state index contributed by atoms with van der Waals surface area (Å²) in [5.74, 6) is 1.47. The quantitative estimate of drug-likeness (QED) is 0.864. The van der Waals surface area contributed by atoms with E-state index in [1.54, 1.807) is 7.11 Å². The lowest BCUT2D eigenvalue weighted by Gasteiger charge is -2.50. The summed E-state index contributed by atoms with van der Waals surface area (Å²) in [5.41, 5.74) is 7.58. The van der Waals surface area contributed by atoms with E-state index in [1.165, 1.54) is 5.56 Å². The van der Waals surface area contributed by atoms with Crippen LogP contribution in [0.4, 0.5) is 0 Å². The topological polar surface area (TPSA) is 38.5 Å². The first-order valence-electron chi connectivity index (χ1n) is 6.18. The Bertz CT molecular complexity index is 384. The third kappa shape index (κ3) is 2.61. The van der Waals surface area contributed by atoms with E-state index in [0.717, 1.165) is 25.4 Å². The third-order valence-electron chi connectivity index (χ3n) is 3.73. The molecule has 1 aliphatic heterocycles. The van der Waals surface area contributed by atoms with Gasteiger partial charge in [-0.15, -0.1) is 0 Å². The Kier molecular flexibility index (Phi) is 3.40. The van der Waals surface area contributed by atoms with Gasteiger partial charge in [0.1, 0.15) is 5.75 Å². The Balaban J connectivity index is 1.91. The molecule has 3 nitrogen and oxygen atoms in total. The van der Waals surface area contributed by atoms with Crippen molar-refractivity contribution in [2.24, 2.45) is 11.7 Å². The minimum Gasteiger partial charge on any atom is -0.497 e. The largest absolute Gasteiger partial charge is 0.497 e. The highest BCUT2D eigenvalue weighted by Gasteiger charge is 2.41. The zero-order valence-corrected chi connectivity index (χ0v) is 10.9. The molecule has 2 rings (SSSR count). The highest BCUT2D eigenvalue weighted by atomic mass is 16.5. The molecule has 2 N–H and O–H groups in total. The first-order valence-corrected chi connectivity index (χ1v) is 6.18. The van der Waals surface area contributed by atoms with Crippen LogP contribution < -0.4 is 10.5 Å².